The van der Waals surface area contributed by atoms with E-state index in [0.717, 1.165) is 30.3 Å². The summed E-state index contributed by atoms with van der Waals surface area (Å²) < 4.78 is 4.09. The van der Waals surface area contributed by atoms with Gasteiger partial charge in [-0.3, -0.25) is 4.68 Å². The molecule has 2 aromatic heterocycles. The summed E-state index contributed by atoms with van der Waals surface area (Å²) in [5, 5.41) is 7.91. The Morgan fingerprint density at radius 3 is 2.72 bits per heavy atom. The van der Waals surface area contributed by atoms with E-state index in [1.165, 1.54) is 0 Å². The number of nitrogens with zero attached hydrogens (tertiary/aromatic N) is 4. The van der Waals surface area contributed by atoms with Crippen LogP contribution in [0.25, 0.3) is 0 Å². The van der Waals surface area contributed by atoms with Crippen LogP contribution >= 0.6 is 0 Å². The lowest BCUT2D eigenvalue weighted by molar-refractivity contribution is 0.523. The van der Waals surface area contributed by atoms with Gasteiger partial charge < -0.3 is 9.88 Å². The van der Waals surface area contributed by atoms with Gasteiger partial charge in [-0.15, -0.1) is 0 Å². The third kappa shape index (κ3) is 2.31. The Balaban J connectivity index is 2.42. The molecule has 2 rings (SSSR count). The van der Waals surface area contributed by atoms with Gasteiger partial charge in [0.15, 0.2) is 0 Å². The Kier molecular flexibility index (Phi) is 3.81. The van der Waals surface area contributed by atoms with E-state index in [-0.39, 0.29) is 6.04 Å². The minimum Gasteiger partial charge on any atom is -0.334 e. The van der Waals surface area contributed by atoms with E-state index < -0.39 is 0 Å². The van der Waals surface area contributed by atoms with Crippen molar-refractivity contribution in [3.8, 4) is 0 Å². The van der Waals surface area contributed by atoms with Crippen LogP contribution in [-0.4, -0.2) is 25.9 Å². The predicted octanol–water partition coefficient (Wildman–Crippen LogP) is 1.64. The molecule has 1 unspecified atom stereocenters. The topological polar surface area (TPSA) is 47.7 Å². The minimum atomic E-state index is 0.0937. The molecule has 5 nitrogen and oxygen atoms in total. The fraction of sp³-hybridized carbons (Fsp3) is 0.538. The Labute approximate surface area is 108 Å². The smallest absolute Gasteiger partial charge is 0.132 e. The van der Waals surface area contributed by atoms with Crippen molar-refractivity contribution in [2.75, 3.05) is 6.54 Å². The summed E-state index contributed by atoms with van der Waals surface area (Å²) >= 11 is 0. The lowest BCUT2D eigenvalue weighted by Crippen LogP contribution is -2.27. The minimum absolute atomic E-state index is 0.0937. The quantitative estimate of drug-likeness (QED) is 0.874. The summed E-state index contributed by atoms with van der Waals surface area (Å²) in [5.74, 6) is 1.04. The van der Waals surface area contributed by atoms with Crippen LogP contribution in [0.3, 0.4) is 0 Å². The summed E-state index contributed by atoms with van der Waals surface area (Å²) in [6.07, 6.45) is 3.87. The van der Waals surface area contributed by atoms with Crippen LogP contribution in [0.2, 0.25) is 0 Å². The molecule has 18 heavy (non-hydrogen) atoms. The summed E-state index contributed by atoms with van der Waals surface area (Å²) in [7, 11) is 1.98. The normalized spacial score (nSPS) is 12.9. The summed E-state index contributed by atoms with van der Waals surface area (Å²) in [6, 6.07) is 2.21. The molecule has 0 radical (unpaired) electrons. The lowest BCUT2D eigenvalue weighted by Gasteiger charge is -2.18. The Morgan fingerprint density at radius 2 is 2.17 bits per heavy atom. The number of hydrogen-bond acceptors (Lipinski definition) is 3. The van der Waals surface area contributed by atoms with E-state index in [0.29, 0.717) is 0 Å². The Morgan fingerprint density at radius 1 is 1.39 bits per heavy atom. The number of hydrogen-bond donors (Lipinski definition) is 1. The summed E-state index contributed by atoms with van der Waals surface area (Å²) in [5.41, 5.74) is 2.18. The first-order chi connectivity index (χ1) is 8.67. The first-order valence-electron chi connectivity index (χ1n) is 6.42. The van der Waals surface area contributed by atoms with E-state index in [2.05, 4.69) is 39.9 Å². The molecule has 98 valence electrons. The molecule has 2 heterocycles. The summed E-state index contributed by atoms with van der Waals surface area (Å²) in [4.78, 5) is 4.49. The van der Waals surface area contributed by atoms with Crippen LogP contribution in [0, 0.1) is 6.92 Å². The predicted molar refractivity (Wildman–Crippen MR) is 71.4 cm³/mol. The Bertz CT molecular complexity index is 511. The van der Waals surface area contributed by atoms with E-state index in [1.807, 2.05) is 31.0 Å². The number of aromatic nitrogens is 4. The largest absolute Gasteiger partial charge is 0.334 e. The van der Waals surface area contributed by atoms with E-state index in [9.17, 15) is 0 Å². The highest BCUT2D eigenvalue weighted by Gasteiger charge is 2.21. The maximum atomic E-state index is 4.49. The highest BCUT2D eigenvalue weighted by atomic mass is 15.3. The van der Waals surface area contributed by atoms with Crippen LogP contribution in [0.4, 0.5) is 0 Å². The van der Waals surface area contributed by atoms with Crippen molar-refractivity contribution in [3.05, 3.63) is 35.7 Å². The molecule has 0 aliphatic heterocycles. The van der Waals surface area contributed by atoms with Gasteiger partial charge in [-0.25, -0.2) is 4.98 Å². The second kappa shape index (κ2) is 5.35. The van der Waals surface area contributed by atoms with Gasteiger partial charge in [0.1, 0.15) is 11.9 Å². The van der Waals surface area contributed by atoms with Gasteiger partial charge in [0, 0.05) is 26.0 Å². The molecule has 0 saturated carbocycles. The van der Waals surface area contributed by atoms with Crippen molar-refractivity contribution < 1.29 is 0 Å². The monoisotopic (exact) mass is 247 g/mol. The molecular formula is C13H21N5. The van der Waals surface area contributed by atoms with E-state index in [1.54, 1.807) is 0 Å². The van der Waals surface area contributed by atoms with Crippen LogP contribution in [0.5, 0.6) is 0 Å². The molecule has 0 saturated heterocycles. The average Bonchev–Trinajstić information content (AvgIpc) is 2.92. The van der Waals surface area contributed by atoms with Gasteiger partial charge in [-0.1, -0.05) is 6.92 Å². The average molecular weight is 247 g/mol. The molecule has 0 bridgehead atoms. The van der Waals surface area contributed by atoms with Crippen LogP contribution < -0.4 is 5.32 Å². The highest BCUT2D eigenvalue weighted by Crippen LogP contribution is 2.21. The lowest BCUT2D eigenvalue weighted by atomic mass is 10.1. The Hall–Kier alpha value is -1.62. The van der Waals surface area contributed by atoms with Crippen molar-refractivity contribution in [2.45, 2.75) is 33.4 Å². The molecule has 1 atom stereocenters. The zero-order valence-corrected chi connectivity index (χ0v) is 11.5. The van der Waals surface area contributed by atoms with Gasteiger partial charge in [-0.2, -0.15) is 5.10 Å². The second-order valence-corrected chi connectivity index (χ2v) is 4.40. The third-order valence-corrected chi connectivity index (χ3v) is 3.09. The fourth-order valence-corrected chi connectivity index (χ4v) is 2.28. The third-order valence-electron chi connectivity index (χ3n) is 3.09. The van der Waals surface area contributed by atoms with Gasteiger partial charge in [0.2, 0.25) is 0 Å². The van der Waals surface area contributed by atoms with E-state index in [4.69, 9.17) is 0 Å². The highest BCUT2D eigenvalue weighted by molar-refractivity contribution is 5.20. The fourth-order valence-electron chi connectivity index (χ4n) is 2.28. The first kappa shape index (κ1) is 12.8. The van der Waals surface area contributed by atoms with Gasteiger partial charge in [0.25, 0.3) is 0 Å². The molecule has 0 aromatic carbocycles. The molecule has 0 aliphatic carbocycles. The maximum Gasteiger partial charge on any atom is 0.132 e. The van der Waals surface area contributed by atoms with Gasteiger partial charge >= 0.3 is 0 Å². The maximum absolute atomic E-state index is 4.49. The van der Waals surface area contributed by atoms with Crippen molar-refractivity contribution in [3.63, 3.8) is 0 Å². The SMILES string of the molecule is CCNC(c1nccn1CC)c1cc(C)nn1C. The number of aryl methyl sites for hydroxylation is 3. The van der Waals surface area contributed by atoms with Crippen molar-refractivity contribution >= 4 is 0 Å². The molecule has 0 amide bonds. The molecular weight excluding hydrogens is 226 g/mol. The molecule has 0 fully saturated rings. The van der Waals surface area contributed by atoms with Gasteiger partial charge in [0.05, 0.1) is 11.4 Å². The van der Waals surface area contributed by atoms with E-state index >= 15 is 0 Å². The molecule has 0 aliphatic rings. The van der Waals surface area contributed by atoms with Crippen LogP contribution in [-0.2, 0) is 13.6 Å². The zero-order valence-electron chi connectivity index (χ0n) is 11.5. The van der Waals surface area contributed by atoms with Crippen molar-refractivity contribution in [1.29, 1.82) is 0 Å². The second-order valence-electron chi connectivity index (χ2n) is 4.40. The molecule has 2 aromatic rings. The number of imidazole rings is 1. The van der Waals surface area contributed by atoms with Crippen LogP contribution in [0.15, 0.2) is 18.5 Å². The molecule has 0 spiro atoms. The first-order valence-corrected chi connectivity index (χ1v) is 6.42. The van der Waals surface area contributed by atoms with Crippen molar-refractivity contribution in [2.24, 2.45) is 7.05 Å². The zero-order chi connectivity index (χ0) is 13.1. The number of rotatable bonds is 5. The van der Waals surface area contributed by atoms with Crippen molar-refractivity contribution in [1.82, 2.24) is 24.6 Å². The van der Waals surface area contributed by atoms with Crippen LogP contribution in [0.1, 0.15) is 37.1 Å². The standard InChI is InChI=1S/C13H21N5/c1-5-14-12(11-9-10(3)16-17(11)4)13-15-7-8-18(13)6-2/h7-9,12,14H,5-6H2,1-4H3. The summed E-state index contributed by atoms with van der Waals surface area (Å²) in [6.45, 7) is 8.07. The molecule has 1 N–H and O–H groups in total. The van der Waals surface area contributed by atoms with Gasteiger partial charge in [-0.05, 0) is 26.5 Å². The number of nitrogens with one attached hydrogen (secondary N) is 1. The molecule has 5 heteroatoms.